The fourth-order valence-electron chi connectivity index (χ4n) is 2.72. The van der Waals surface area contributed by atoms with Crippen LogP contribution in [0.5, 0.6) is 17.2 Å². The number of nitrogens with zero attached hydrogens (tertiary/aromatic N) is 1. The van der Waals surface area contributed by atoms with Crippen LogP contribution in [0.3, 0.4) is 0 Å². The second kappa shape index (κ2) is 4.66. The molecule has 0 atom stereocenters. The van der Waals surface area contributed by atoms with Gasteiger partial charge in [0.1, 0.15) is 11.6 Å². The summed E-state index contributed by atoms with van der Waals surface area (Å²) >= 11 is 0. The minimum Gasteiger partial charge on any atom is -0.496 e. The topological polar surface area (TPSA) is 56.4 Å². The fraction of sp³-hybridized carbons (Fsp3) is 0.235. The van der Waals surface area contributed by atoms with Crippen LogP contribution in [0, 0.1) is 13.8 Å². The van der Waals surface area contributed by atoms with Gasteiger partial charge in [0.15, 0.2) is 11.5 Å². The van der Waals surface area contributed by atoms with E-state index >= 15 is 0 Å². The molecule has 3 aromatic rings. The number of methoxy groups -OCH3 is 1. The summed E-state index contributed by atoms with van der Waals surface area (Å²) in [6, 6.07) is 7.88. The number of aryl methyl sites for hydroxylation is 2. The number of imidazole rings is 1. The Morgan fingerprint density at radius 2 is 1.91 bits per heavy atom. The number of benzene rings is 2. The zero-order chi connectivity index (χ0) is 15.3. The van der Waals surface area contributed by atoms with Crippen molar-refractivity contribution in [2.45, 2.75) is 13.8 Å². The van der Waals surface area contributed by atoms with Crippen LogP contribution in [0.2, 0.25) is 0 Å². The Labute approximate surface area is 127 Å². The Bertz CT molecular complexity index is 883. The van der Waals surface area contributed by atoms with Crippen molar-refractivity contribution in [1.29, 1.82) is 0 Å². The van der Waals surface area contributed by atoms with Gasteiger partial charge in [-0.25, -0.2) is 4.98 Å². The molecule has 1 aliphatic rings. The molecule has 112 valence electrons. The summed E-state index contributed by atoms with van der Waals surface area (Å²) in [5, 5.41) is 0. The normalized spacial score (nSPS) is 12.9. The molecule has 0 aliphatic carbocycles. The van der Waals surface area contributed by atoms with Gasteiger partial charge in [0.05, 0.1) is 23.7 Å². The minimum absolute atomic E-state index is 0.236. The molecule has 5 nitrogen and oxygen atoms in total. The SMILES string of the molecule is COc1cc2c(cc1-c1nc3c(C)c(C)ccc3[nH]1)OCO2. The first-order valence-electron chi connectivity index (χ1n) is 7.11. The number of rotatable bonds is 2. The lowest BCUT2D eigenvalue weighted by Crippen LogP contribution is -1.92. The maximum atomic E-state index is 5.48. The molecule has 4 rings (SSSR count). The predicted molar refractivity (Wildman–Crippen MR) is 83.7 cm³/mol. The van der Waals surface area contributed by atoms with E-state index in [1.807, 2.05) is 18.2 Å². The van der Waals surface area contributed by atoms with Crippen molar-refractivity contribution in [1.82, 2.24) is 9.97 Å². The van der Waals surface area contributed by atoms with E-state index in [1.165, 1.54) is 11.1 Å². The van der Waals surface area contributed by atoms with Crippen LogP contribution in [0.25, 0.3) is 22.4 Å². The van der Waals surface area contributed by atoms with Crippen molar-refractivity contribution in [3.05, 3.63) is 35.4 Å². The Morgan fingerprint density at radius 1 is 1.14 bits per heavy atom. The number of ether oxygens (including phenoxy) is 3. The largest absolute Gasteiger partial charge is 0.496 e. The second-order valence-electron chi connectivity index (χ2n) is 5.39. The van der Waals surface area contributed by atoms with Crippen LogP contribution in [0.4, 0.5) is 0 Å². The van der Waals surface area contributed by atoms with Crippen molar-refractivity contribution in [2.75, 3.05) is 13.9 Å². The van der Waals surface area contributed by atoms with E-state index in [4.69, 9.17) is 19.2 Å². The lowest BCUT2D eigenvalue weighted by atomic mass is 10.1. The van der Waals surface area contributed by atoms with E-state index in [0.29, 0.717) is 17.2 Å². The summed E-state index contributed by atoms with van der Waals surface area (Å²) in [7, 11) is 1.64. The first-order valence-corrected chi connectivity index (χ1v) is 7.11. The molecule has 2 aromatic carbocycles. The summed E-state index contributed by atoms with van der Waals surface area (Å²) < 4.78 is 16.3. The van der Waals surface area contributed by atoms with Gasteiger partial charge in [-0.15, -0.1) is 0 Å². The molecule has 0 saturated carbocycles. The zero-order valence-corrected chi connectivity index (χ0v) is 12.7. The fourth-order valence-corrected chi connectivity index (χ4v) is 2.72. The second-order valence-corrected chi connectivity index (χ2v) is 5.39. The van der Waals surface area contributed by atoms with Gasteiger partial charge in [-0.3, -0.25) is 0 Å². The third kappa shape index (κ3) is 1.82. The van der Waals surface area contributed by atoms with Gasteiger partial charge in [0.25, 0.3) is 0 Å². The van der Waals surface area contributed by atoms with Crippen LogP contribution >= 0.6 is 0 Å². The van der Waals surface area contributed by atoms with Gasteiger partial charge in [-0.1, -0.05) is 6.07 Å². The summed E-state index contributed by atoms with van der Waals surface area (Å²) in [5.74, 6) is 2.88. The molecule has 5 heteroatoms. The first kappa shape index (κ1) is 13.0. The van der Waals surface area contributed by atoms with Gasteiger partial charge >= 0.3 is 0 Å². The van der Waals surface area contributed by atoms with Crippen LogP contribution in [-0.2, 0) is 0 Å². The van der Waals surface area contributed by atoms with E-state index in [-0.39, 0.29) is 6.79 Å². The van der Waals surface area contributed by atoms with E-state index in [0.717, 1.165) is 22.4 Å². The Kier molecular flexibility index (Phi) is 2.76. The molecule has 0 fully saturated rings. The van der Waals surface area contributed by atoms with E-state index < -0.39 is 0 Å². The number of nitrogens with one attached hydrogen (secondary N) is 1. The van der Waals surface area contributed by atoms with Crippen LogP contribution in [0.15, 0.2) is 24.3 Å². The lowest BCUT2D eigenvalue weighted by Gasteiger charge is -2.07. The molecule has 2 heterocycles. The molecule has 1 aliphatic heterocycles. The molecule has 1 N–H and O–H groups in total. The first-order chi connectivity index (χ1) is 10.7. The molecule has 0 spiro atoms. The van der Waals surface area contributed by atoms with Crippen molar-refractivity contribution in [3.8, 4) is 28.6 Å². The Hall–Kier alpha value is -2.69. The highest BCUT2D eigenvalue weighted by atomic mass is 16.7. The third-order valence-electron chi connectivity index (χ3n) is 4.13. The highest BCUT2D eigenvalue weighted by Crippen LogP contribution is 2.42. The number of aromatic nitrogens is 2. The van der Waals surface area contributed by atoms with E-state index in [9.17, 15) is 0 Å². The lowest BCUT2D eigenvalue weighted by molar-refractivity contribution is 0.174. The van der Waals surface area contributed by atoms with E-state index in [1.54, 1.807) is 7.11 Å². The molecule has 0 amide bonds. The Balaban J connectivity index is 1.93. The highest BCUT2D eigenvalue weighted by Gasteiger charge is 2.20. The Morgan fingerprint density at radius 3 is 2.68 bits per heavy atom. The molecular formula is C17H16N2O3. The number of H-pyrrole nitrogens is 1. The molecule has 0 saturated heterocycles. The van der Waals surface area contributed by atoms with Gasteiger partial charge in [0, 0.05) is 6.07 Å². The van der Waals surface area contributed by atoms with E-state index in [2.05, 4.69) is 24.9 Å². The predicted octanol–water partition coefficient (Wildman–Crippen LogP) is 3.58. The number of hydrogen-bond donors (Lipinski definition) is 1. The zero-order valence-electron chi connectivity index (χ0n) is 12.7. The number of fused-ring (bicyclic) bond motifs is 2. The van der Waals surface area contributed by atoms with Crippen molar-refractivity contribution in [2.24, 2.45) is 0 Å². The average Bonchev–Trinajstić information content (AvgIpc) is 3.15. The molecule has 0 radical (unpaired) electrons. The number of hydrogen-bond acceptors (Lipinski definition) is 4. The maximum Gasteiger partial charge on any atom is 0.231 e. The minimum atomic E-state index is 0.236. The molecule has 0 unspecified atom stereocenters. The summed E-state index contributed by atoms with van der Waals surface area (Å²) in [6.45, 7) is 4.41. The standard InChI is InChI=1S/C17H16N2O3/c1-9-4-5-12-16(10(9)2)19-17(18-12)11-6-14-15(22-8-21-14)7-13(11)20-3/h4-7H,8H2,1-3H3,(H,18,19). The van der Waals surface area contributed by atoms with Crippen LogP contribution in [-0.4, -0.2) is 23.9 Å². The van der Waals surface area contributed by atoms with Gasteiger partial charge in [-0.05, 0) is 37.1 Å². The maximum absolute atomic E-state index is 5.48. The van der Waals surface area contributed by atoms with Gasteiger partial charge in [-0.2, -0.15) is 0 Å². The van der Waals surface area contributed by atoms with Gasteiger partial charge < -0.3 is 19.2 Å². The molecule has 1 aromatic heterocycles. The van der Waals surface area contributed by atoms with Crippen LogP contribution < -0.4 is 14.2 Å². The van der Waals surface area contributed by atoms with Crippen molar-refractivity contribution >= 4 is 11.0 Å². The van der Waals surface area contributed by atoms with Crippen LogP contribution in [0.1, 0.15) is 11.1 Å². The van der Waals surface area contributed by atoms with Gasteiger partial charge in [0.2, 0.25) is 6.79 Å². The molecule has 0 bridgehead atoms. The summed E-state index contributed by atoms with van der Waals surface area (Å²) in [4.78, 5) is 8.10. The average molecular weight is 296 g/mol. The van der Waals surface area contributed by atoms with Crippen molar-refractivity contribution < 1.29 is 14.2 Å². The smallest absolute Gasteiger partial charge is 0.231 e. The molecular weight excluding hydrogens is 280 g/mol. The quantitative estimate of drug-likeness (QED) is 0.785. The summed E-state index contributed by atoms with van der Waals surface area (Å²) in [5.41, 5.74) is 5.26. The number of aromatic amines is 1. The monoisotopic (exact) mass is 296 g/mol. The summed E-state index contributed by atoms with van der Waals surface area (Å²) in [6.07, 6.45) is 0. The molecule has 22 heavy (non-hydrogen) atoms. The third-order valence-corrected chi connectivity index (χ3v) is 4.13. The highest BCUT2D eigenvalue weighted by molar-refractivity contribution is 5.84. The van der Waals surface area contributed by atoms with Crippen molar-refractivity contribution in [3.63, 3.8) is 0 Å².